The van der Waals surface area contributed by atoms with Crippen LogP contribution in [0.4, 0.5) is 0 Å². The Kier molecular flexibility index (Phi) is 41.4. The average Bonchev–Trinajstić information content (AvgIpc) is 3.26. The number of amides is 5. The Morgan fingerprint density at radius 3 is 1.31 bits per heavy atom. The lowest BCUT2D eigenvalue weighted by Gasteiger charge is -2.31. The maximum atomic E-state index is 13.2. The standard InChI is InChI=1S/C40H78N5O17PS/c1-33(2)63(51,64)62-32-31-61-30-29-60-28-27-59-26-25-56-17-11-38(48)45-35(40(50)43-14-20-58-24-22-54-5)8-10-37(47)44-34(39(49)42-13-19-57-23-21-53-4)7-9-36(46)41-12-18-55-16-6-15-52-3/h33-35H,6-32H2,1-5H3,(H,41,46)(H,42,49)(H,43,50)(H,44,47)(H,45,48)(H,51,64)/p-1. The minimum Gasteiger partial charge on any atom is -0.800 e. The zero-order chi connectivity index (χ0) is 47.5. The number of carbonyl (C=O) groups excluding carboxylic acids is 5. The molecule has 64 heavy (non-hydrogen) atoms. The summed E-state index contributed by atoms with van der Waals surface area (Å²) in [5, 5.41) is 13.5. The van der Waals surface area contributed by atoms with Crippen LogP contribution in [0.25, 0.3) is 0 Å². The summed E-state index contributed by atoms with van der Waals surface area (Å²) < 4.78 is 58.2. The molecule has 0 aromatic rings. The molecule has 0 aromatic heterocycles. The number of ether oxygens (including phenoxy) is 10. The van der Waals surface area contributed by atoms with Crippen molar-refractivity contribution in [2.24, 2.45) is 0 Å². The van der Waals surface area contributed by atoms with Crippen LogP contribution in [0.15, 0.2) is 0 Å². The van der Waals surface area contributed by atoms with Crippen LogP contribution >= 0.6 is 6.49 Å². The Labute approximate surface area is 384 Å². The van der Waals surface area contributed by atoms with Gasteiger partial charge in [0.1, 0.15) is 12.1 Å². The molecule has 0 radical (unpaired) electrons. The number of carbonyl (C=O) groups is 5. The molecule has 3 atom stereocenters. The Bertz CT molecular complexity index is 1260. The zero-order valence-electron chi connectivity index (χ0n) is 38.6. The van der Waals surface area contributed by atoms with Gasteiger partial charge in [0.05, 0.1) is 106 Å². The van der Waals surface area contributed by atoms with Gasteiger partial charge in [0, 0.05) is 73.4 Å². The molecule has 0 bridgehead atoms. The second kappa shape index (κ2) is 43.1. The number of hydrogen-bond donors (Lipinski definition) is 5. The molecule has 0 spiro atoms. The second-order valence-corrected chi connectivity index (χ2v) is 18.0. The summed E-state index contributed by atoms with van der Waals surface area (Å²) in [7, 11) is 4.69. The SMILES string of the molecule is COCCCOCCNC(=O)CCC(NC(=O)CCC(NC(=O)CCOCCOCCOCCOCCOP([O-])(=S)C(C)C)C(=O)NCCOCCOC)C(=O)NCCOCCOC. The fourth-order valence-electron chi connectivity index (χ4n) is 4.91. The molecule has 5 N–H and O–H groups in total. The van der Waals surface area contributed by atoms with Crippen LogP contribution in [0.3, 0.4) is 0 Å². The van der Waals surface area contributed by atoms with Gasteiger partial charge in [-0.1, -0.05) is 25.7 Å². The highest BCUT2D eigenvalue weighted by molar-refractivity contribution is 8.09. The van der Waals surface area contributed by atoms with Crippen molar-refractivity contribution in [3.8, 4) is 0 Å². The molecule has 0 aliphatic rings. The molecule has 22 nitrogen and oxygen atoms in total. The van der Waals surface area contributed by atoms with E-state index in [-0.39, 0.29) is 110 Å². The lowest BCUT2D eigenvalue weighted by molar-refractivity contribution is -0.185. The lowest BCUT2D eigenvalue weighted by atomic mass is 10.1. The van der Waals surface area contributed by atoms with E-state index in [0.717, 1.165) is 6.42 Å². The van der Waals surface area contributed by atoms with Crippen LogP contribution < -0.4 is 31.5 Å². The van der Waals surface area contributed by atoms with Gasteiger partial charge in [0.2, 0.25) is 29.5 Å². The summed E-state index contributed by atoms with van der Waals surface area (Å²) in [5.41, 5.74) is -0.224. The van der Waals surface area contributed by atoms with Gasteiger partial charge in [-0.25, -0.2) is 0 Å². The molecule has 0 fully saturated rings. The maximum absolute atomic E-state index is 13.2. The van der Waals surface area contributed by atoms with Crippen molar-refractivity contribution >= 4 is 47.8 Å². The van der Waals surface area contributed by atoms with Crippen molar-refractivity contribution < 1.29 is 80.8 Å². The van der Waals surface area contributed by atoms with Crippen LogP contribution in [0.1, 0.15) is 52.4 Å². The lowest BCUT2D eigenvalue weighted by Crippen LogP contribution is -2.50. The molecule has 3 unspecified atom stereocenters. The summed E-state index contributed by atoms with van der Waals surface area (Å²) in [6, 6.07) is -2.15. The summed E-state index contributed by atoms with van der Waals surface area (Å²) in [4.78, 5) is 76.9. The number of rotatable bonds is 46. The minimum absolute atomic E-state index is 0.000341. The zero-order valence-corrected chi connectivity index (χ0v) is 40.3. The summed E-state index contributed by atoms with van der Waals surface area (Å²) in [6.07, 6.45) is 0.292. The molecular formula is C40H77N5O17PS-. The molecule has 0 saturated heterocycles. The van der Waals surface area contributed by atoms with Gasteiger partial charge in [-0.3, -0.25) is 24.0 Å². The fourth-order valence-corrected chi connectivity index (χ4v) is 5.76. The number of hydrogen-bond acceptors (Lipinski definition) is 18. The van der Waals surface area contributed by atoms with E-state index < -0.39 is 42.2 Å². The number of nitrogens with one attached hydrogen (secondary N) is 5. The molecule has 0 aliphatic carbocycles. The molecule has 0 heterocycles. The van der Waals surface area contributed by atoms with E-state index in [9.17, 15) is 28.9 Å². The molecule has 376 valence electrons. The topological polar surface area (TPSA) is 270 Å². The van der Waals surface area contributed by atoms with E-state index in [1.54, 1.807) is 35.2 Å². The van der Waals surface area contributed by atoms with E-state index in [1.165, 1.54) is 0 Å². The van der Waals surface area contributed by atoms with Crippen molar-refractivity contribution in [3.05, 3.63) is 0 Å². The Balaban J connectivity index is 4.94. The Morgan fingerprint density at radius 1 is 0.469 bits per heavy atom. The summed E-state index contributed by atoms with van der Waals surface area (Å²) in [5.74, 6) is -2.40. The van der Waals surface area contributed by atoms with Crippen molar-refractivity contribution in [1.82, 2.24) is 26.6 Å². The van der Waals surface area contributed by atoms with Crippen molar-refractivity contribution in [1.29, 1.82) is 0 Å². The normalized spacial score (nSPS) is 13.2. The van der Waals surface area contributed by atoms with Crippen molar-refractivity contribution in [2.75, 3.05) is 160 Å². The van der Waals surface area contributed by atoms with Gasteiger partial charge in [0.15, 0.2) is 0 Å². The van der Waals surface area contributed by atoms with E-state index in [0.29, 0.717) is 72.7 Å². The highest BCUT2D eigenvalue weighted by Gasteiger charge is 2.25. The molecular weight excluding hydrogens is 885 g/mol. The van der Waals surface area contributed by atoms with E-state index >= 15 is 0 Å². The predicted molar refractivity (Wildman–Crippen MR) is 237 cm³/mol. The Morgan fingerprint density at radius 2 is 0.844 bits per heavy atom. The van der Waals surface area contributed by atoms with Gasteiger partial charge < -0.3 is 83.4 Å². The van der Waals surface area contributed by atoms with Crippen LogP contribution in [-0.4, -0.2) is 207 Å². The first kappa shape index (κ1) is 61.5. The maximum Gasteiger partial charge on any atom is 0.242 e. The Hall–Kier alpha value is -2.48. The minimum atomic E-state index is -3.03. The van der Waals surface area contributed by atoms with Gasteiger partial charge in [-0.15, -0.1) is 0 Å². The first-order valence-electron chi connectivity index (χ1n) is 21.7. The number of methoxy groups -OCH3 is 3. The van der Waals surface area contributed by atoms with Crippen LogP contribution in [0, 0.1) is 0 Å². The van der Waals surface area contributed by atoms with Gasteiger partial charge in [-0.05, 0) is 31.4 Å². The molecule has 24 heteroatoms. The third kappa shape index (κ3) is 37.7. The first-order chi connectivity index (χ1) is 30.9. The van der Waals surface area contributed by atoms with Gasteiger partial charge in [-0.2, -0.15) is 0 Å². The van der Waals surface area contributed by atoms with Crippen LogP contribution in [0.2, 0.25) is 0 Å². The molecule has 0 aromatic carbocycles. The third-order valence-electron chi connectivity index (χ3n) is 8.50. The first-order valence-corrected chi connectivity index (χ1v) is 24.5. The van der Waals surface area contributed by atoms with Crippen LogP contribution in [-0.2, 0) is 87.7 Å². The highest BCUT2D eigenvalue weighted by Crippen LogP contribution is 2.42. The van der Waals surface area contributed by atoms with Crippen molar-refractivity contribution in [2.45, 2.75) is 70.1 Å². The second-order valence-electron chi connectivity index (χ2n) is 14.1. The average molecular weight is 963 g/mol. The van der Waals surface area contributed by atoms with Crippen molar-refractivity contribution in [3.63, 3.8) is 0 Å². The molecule has 0 rings (SSSR count). The smallest absolute Gasteiger partial charge is 0.242 e. The third-order valence-corrected chi connectivity index (χ3v) is 11.9. The van der Waals surface area contributed by atoms with Gasteiger partial charge >= 0.3 is 0 Å². The van der Waals surface area contributed by atoms with E-state index in [4.69, 9.17) is 63.7 Å². The summed E-state index contributed by atoms with van der Waals surface area (Å²) >= 11 is 4.95. The summed E-state index contributed by atoms with van der Waals surface area (Å²) in [6.45, 7) is 6.56. The quantitative estimate of drug-likeness (QED) is 0.0354. The predicted octanol–water partition coefficient (Wildman–Crippen LogP) is -1.20. The monoisotopic (exact) mass is 962 g/mol. The fraction of sp³-hybridized carbons (Fsp3) is 0.875. The molecule has 0 aliphatic heterocycles. The largest absolute Gasteiger partial charge is 0.800 e. The van der Waals surface area contributed by atoms with Gasteiger partial charge in [0.25, 0.3) is 0 Å². The van der Waals surface area contributed by atoms with E-state index in [2.05, 4.69) is 26.6 Å². The molecule has 0 saturated carbocycles. The van der Waals surface area contributed by atoms with E-state index in [1.807, 2.05) is 0 Å². The highest BCUT2D eigenvalue weighted by atomic mass is 32.5. The molecule has 5 amide bonds. The van der Waals surface area contributed by atoms with Crippen LogP contribution in [0.5, 0.6) is 0 Å².